The van der Waals surface area contributed by atoms with E-state index in [9.17, 15) is 0 Å². The lowest BCUT2D eigenvalue weighted by atomic mass is 10.1. The fraction of sp³-hybridized carbons (Fsp3) is 1.00. The number of aliphatic hydroxyl groups excluding tert-OH is 1. The number of aliphatic hydroxyl groups is 1. The van der Waals surface area contributed by atoms with Crippen LogP contribution in [-0.2, 0) is 18.9 Å². The van der Waals surface area contributed by atoms with Gasteiger partial charge in [0.25, 0.3) is 0 Å². The highest BCUT2D eigenvalue weighted by Gasteiger charge is 2.33. The summed E-state index contributed by atoms with van der Waals surface area (Å²) < 4.78 is 22.4. The van der Waals surface area contributed by atoms with Crippen molar-refractivity contribution in [3.8, 4) is 0 Å². The normalized spacial score (nSPS) is 35.8. The van der Waals surface area contributed by atoms with Gasteiger partial charge in [0.1, 0.15) is 6.10 Å². The molecule has 0 aromatic carbocycles. The Labute approximate surface area is 108 Å². The van der Waals surface area contributed by atoms with Crippen molar-refractivity contribution in [2.24, 2.45) is 0 Å². The van der Waals surface area contributed by atoms with Crippen molar-refractivity contribution in [3.05, 3.63) is 0 Å². The van der Waals surface area contributed by atoms with Gasteiger partial charge in [-0.05, 0) is 33.1 Å². The van der Waals surface area contributed by atoms with E-state index in [1.54, 1.807) is 0 Å². The van der Waals surface area contributed by atoms with Crippen LogP contribution in [0.1, 0.15) is 33.1 Å². The van der Waals surface area contributed by atoms with Crippen molar-refractivity contribution in [1.29, 1.82) is 0 Å². The predicted octanol–water partition coefficient (Wildman–Crippen LogP) is 1.08. The minimum Gasteiger partial charge on any atom is -0.394 e. The highest BCUT2D eigenvalue weighted by atomic mass is 16.7. The summed E-state index contributed by atoms with van der Waals surface area (Å²) in [4.78, 5) is 0. The maximum Gasteiger partial charge on any atom is 0.163 e. The topological polar surface area (TPSA) is 57.2 Å². The summed E-state index contributed by atoms with van der Waals surface area (Å²) in [6.07, 6.45) is 3.14. The molecule has 3 unspecified atom stereocenters. The van der Waals surface area contributed by atoms with E-state index in [1.165, 1.54) is 0 Å². The molecule has 2 rings (SSSR count). The van der Waals surface area contributed by atoms with Crippen LogP contribution >= 0.6 is 0 Å². The Morgan fingerprint density at radius 3 is 2.56 bits per heavy atom. The lowest BCUT2D eigenvalue weighted by molar-refractivity contribution is -0.150. The zero-order valence-electron chi connectivity index (χ0n) is 11.3. The van der Waals surface area contributed by atoms with Gasteiger partial charge in [0.2, 0.25) is 0 Å². The zero-order valence-corrected chi connectivity index (χ0v) is 11.3. The zero-order chi connectivity index (χ0) is 13.0. The van der Waals surface area contributed by atoms with Gasteiger partial charge in [0, 0.05) is 0 Å². The van der Waals surface area contributed by atoms with Gasteiger partial charge in [-0.25, -0.2) is 0 Å². The van der Waals surface area contributed by atoms with Gasteiger partial charge in [0.15, 0.2) is 5.79 Å². The minimum atomic E-state index is -0.489. The molecule has 2 saturated heterocycles. The third kappa shape index (κ3) is 4.17. The molecule has 3 atom stereocenters. The molecule has 2 fully saturated rings. The van der Waals surface area contributed by atoms with Crippen LogP contribution in [0, 0.1) is 0 Å². The number of rotatable bonds is 5. The quantitative estimate of drug-likeness (QED) is 0.801. The molecule has 0 bridgehead atoms. The molecule has 2 aliphatic heterocycles. The predicted molar refractivity (Wildman–Crippen MR) is 65.3 cm³/mol. The largest absolute Gasteiger partial charge is 0.394 e. The smallest absolute Gasteiger partial charge is 0.163 e. The maximum absolute atomic E-state index is 9.06. The Balaban J connectivity index is 1.61. The molecule has 1 N–H and O–H groups in total. The molecule has 0 radical (unpaired) electrons. The Bertz CT molecular complexity index is 256. The van der Waals surface area contributed by atoms with Crippen LogP contribution in [0.15, 0.2) is 0 Å². The summed E-state index contributed by atoms with van der Waals surface area (Å²) >= 11 is 0. The molecule has 0 aromatic heterocycles. The van der Waals surface area contributed by atoms with Crippen LogP contribution in [-0.4, -0.2) is 55.6 Å². The first-order chi connectivity index (χ1) is 8.59. The average Bonchev–Trinajstić information content (AvgIpc) is 2.69. The van der Waals surface area contributed by atoms with E-state index in [0.717, 1.165) is 19.3 Å². The van der Waals surface area contributed by atoms with Gasteiger partial charge in [0.05, 0.1) is 38.6 Å². The van der Waals surface area contributed by atoms with E-state index in [0.29, 0.717) is 19.8 Å². The summed E-state index contributed by atoms with van der Waals surface area (Å²) in [5.41, 5.74) is 0. The molecule has 0 amide bonds. The monoisotopic (exact) mass is 260 g/mol. The van der Waals surface area contributed by atoms with Crippen molar-refractivity contribution < 1.29 is 24.1 Å². The van der Waals surface area contributed by atoms with E-state index in [2.05, 4.69) is 0 Å². The number of hydrogen-bond acceptors (Lipinski definition) is 5. The third-order valence-electron chi connectivity index (χ3n) is 3.32. The molecule has 18 heavy (non-hydrogen) atoms. The summed E-state index contributed by atoms with van der Waals surface area (Å²) in [5, 5.41) is 9.06. The van der Waals surface area contributed by atoms with Gasteiger partial charge in [-0.1, -0.05) is 0 Å². The van der Waals surface area contributed by atoms with Gasteiger partial charge in [-0.2, -0.15) is 0 Å². The molecule has 0 aliphatic carbocycles. The van der Waals surface area contributed by atoms with Gasteiger partial charge in [-0.15, -0.1) is 0 Å². The van der Waals surface area contributed by atoms with Crippen LogP contribution in [0.5, 0.6) is 0 Å². The molecule has 0 aromatic rings. The molecule has 2 aliphatic rings. The SMILES string of the molecule is CC1(C)OCC(COCC2CCCC(CO)O2)O1. The molecular formula is C13H24O5. The first-order valence-electron chi connectivity index (χ1n) is 6.75. The van der Waals surface area contributed by atoms with Crippen LogP contribution in [0.4, 0.5) is 0 Å². The lowest BCUT2D eigenvalue weighted by Gasteiger charge is -2.29. The molecule has 5 heteroatoms. The minimum absolute atomic E-state index is 0.0113. The Kier molecular flexibility index (Phi) is 4.98. The molecule has 2 heterocycles. The van der Waals surface area contributed by atoms with E-state index >= 15 is 0 Å². The highest BCUT2D eigenvalue weighted by molar-refractivity contribution is 4.72. The van der Waals surface area contributed by atoms with Gasteiger partial charge >= 0.3 is 0 Å². The van der Waals surface area contributed by atoms with E-state index in [4.69, 9.17) is 24.1 Å². The lowest BCUT2D eigenvalue weighted by Crippen LogP contribution is -2.34. The Morgan fingerprint density at radius 2 is 1.89 bits per heavy atom. The molecule has 0 spiro atoms. The van der Waals surface area contributed by atoms with Crippen LogP contribution < -0.4 is 0 Å². The molecular weight excluding hydrogens is 236 g/mol. The average molecular weight is 260 g/mol. The van der Waals surface area contributed by atoms with Crippen molar-refractivity contribution in [3.63, 3.8) is 0 Å². The van der Waals surface area contributed by atoms with Gasteiger partial charge in [-0.3, -0.25) is 0 Å². The second kappa shape index (κ2) is 6.30. The van der Waals surface area contributed by atoms with Crippen molar-refractivity contribution in [2.45, 2.75) is 57.2 Å². The summed E-state index contributed by atoms with van der Waals surface area (Å²) in [6, 6.07) is 0. The molecule has 106 valence electrons. The second-order valence-electron chi connectivity index (χ2n) is 5.48. The standard InChI is InChI=1S/C13H24O5/c1-13(2)16-9-12(18-13)8-15-7-11-5-3-4-10(6-14)17-11/h10-12,14H,3-9H2,1-2H3. The van der Waals surface area contributed by atoms with E-state index < -0.39 is 5.79 Å². The first-order valence-corrected chi connectivity index (χ1v) is 6.75. The highest BCUT2D eigenvalue weighted by Crippen LogP contribution is 2.23. The second-order valence-corrected chi connectivity index (χ2v) is 5.48. The van der Waals surface area contributed by atoms with Crippen LogP contribution in [0.2, 0.25) is 0 Å². The third-order valence-corrected chi connectivity index (χ3v) is 3.32. The number of hydrogen-bond donors (Lipinski definition) is 1. The Hall–Kier alpha value is -0.200. The van der Waals surface area contributed by atoms with Crippen molar-refractivity contribution in [1.82, 2.24) is 0 Å². The van der Waals surface area contributed by atoms with Gasteiger partial charge < -0.3 is 24.1 Å². The Morgan fingerprint density at radius 1 is 1.17 bits per heavy atom. The summed E-state index contributed by atoms with van der Waals surface area (Å²) in [6.45, 7) is 5.60. The fourth-order valence-electron chi connectivity index (χ4n) is 2.41. The van der Waals surface area contributed by atoms with Crippen LogP contribution in [0.3, 0.4) is 0 Å². The van der Waals surface area contributed by atoms with E-state index in [-0.39, 0.29) is 24.9 Å². The summed E-state index contributed by atoms with van der Waals surface area (Å²) in [7, 11) is 0. The molecule has 0 saturated carbocycles. The molecule has 5 nitrogen and oxygen atoms in total. The van der Waals surface area contributed by atoms with E-state index in [1.807, 2.05) is 13.8 Å². The first kappa shape index (κ1) is 14.2. The van der Waals surface area contributed by atoms with Crippen molar-refractivity contribution >= 4 is 0 Å². The fourth-order valence-corrected chi connectivity index (χ4v) is 2.41. The maximum atomic E-state index is 9.06. The number of ether oxygens (including phenoxy) is 4. The van der Waals surface area contributed by atoms with Crippen molar-refractivity contribution in [2.75, 3.05) is 26.4 Å². The summed E-state index contributed by atoms with van der Waals surface area (Å²) in [5.74, 6) is -0.489. The van der Waals surface area contributed by atoms with Crippen LogP contribution in [0.25, 0.3) is 0 Å².